The van der Waals surface area contributed by atoms with Crippen molar-refractivity contribution < 1.29 is 19.7 Å². The number of ether oxygens (including phenoxy) is 1. The average molecular weight is 651 g/mol. The van der Waals surface area contributed by atoms with Gasteiger partial charge in [-0.25, -0.2) is 0 Å². The molecule has 0 bridgehead atoms. The van der Waals surface area contributed by atoms with Crippen LogP contribution in [0.2, 0.25) is 0 Å². The summed E-state index contributed by atoms with van der Waals surface area (Å²) in [6.07, 6.45) is 0.265. The minimum absolute atomic E-state index is 0.184. The van der Waals surface area contributed by atoms with Crippen LogP contribution in [0.1, 0.15) is 5.56 Å². The molecule has 122 valence electrons. The predicted molar refractivity (Wildman–Crippen MR) is 112 cm³/mol. The Bertz CT molecular complexity index is 752. The second kappa shape index (κ2) is 8.16. The number of carboxylic acid groups (broad SMARTS) is 1. The van der Waals surface area contributed by atoms with Crippen molar-refractivity contribution >= 4 is 73.7 Å². The summed E-state index contributed by atoms with van der Waals surface area (Å²) in [6, 6.07) is 7.59. The van der Waals surface area contributed by atoms with Gasteiger partial charge in [-0.3, -0.25) is 4.79 Å². The summed E-state index contributed by atoms with van der Waals surface area (Å²) in [4.78, 5) is 10.9. The first kappa shape index (κ1) is 19.0. The van der Waals surface area contributed by atoms with Crippen LogP contribution in [0, 0.1) is 10.7 Å². The molecule has 0 spiro atoms. The first-order chi connectivity index (χ1) is 10.8. The van der Waals surface area contributed by atoms with Crippen molar-refractivity contribution in [3.05, 3.63) is 46.6 Å². The van der Waals surface area contributed by atoms with Crippen LogP contribution in [0.15, 0.2) is 30.3 Å². The number of benzene rings is 2. The van der Waals surface area contributed by atoms with E-state index in [0.717, 1.165) is 16.3 Å². The molecule has 23 heavy (non-hydrogen) atoms. The molecule has 8 heteroatoms. The van der Waals surface area contributed by atoms with E-state index in [1.165, 1.54) is 0 Å². The van der Waals surface area contributed by atoms with E-state index in [2.05, 4.69) is 67.8 Å². The number of nitrogens with two attached hydrogens (primary N) is 1. The van der Waals surface area contributed by atoms with Gasteiger partial charge in [0.25, 0.3) is 0 Å². The van der Waals surface area contributed by atoms with Gasteiger partial charge in [-0.1, -0.05) is 6.07 Å². The minimum atomic E-state index is -1.02. The van der Waals surface area contributed by atoms with Gasteiger partial charge in [0.2, 0.25) is 0 Å². The summed E-state index contributed by atoms with van der Waals surface area (Å²) >= 11 is 6.43. The van der Waals surface area contributed by atoms with Crippen LogP contribution in [0.3, 0.4) is 0 Å². The molecule has 0 unspecified atom stereocenters. The van der Waals surface area contributed by atoms with Crippen LogP contribution in [0.4, 0.5) is 0 Å². The SMILES string of the molecule is N[C@H](Cc1ccc(Oc2ccc(O)cc2I)c(I)c1I)C(=O)O. The van der Waals surface area contributed by atoms with Gasteiger partial charge < -0.3 is 20.7 Å². The highest BCUT2D eigenvalue weighted by molar-refractivity contribution is 14.1. The van der Waals surface area contributed by atoms with Crippen LogP contribution in [0.5, 0.6) is 17.2 Å². The summed E-state index contributed by atoms with van der Waals surface area (Å²) < 4.78 is 8.51. The molecule has 0 saturated carbocycles. The number of carboxylic acids is 1. The van der Waals surface area contributed by atoms with E-state index in [9.17, 15) is 9.90 Å². The Morgan fingerprint density at radius 1 is 1.13 bits per heavy atom. The van der Waals surface area contributed by atoms with E-state index >= 15 is 0 Å². The number of rotatable bonds is 5. The number of hydrogen-bond acceptors (Lipinski definition) is 4. The third-order valence-corrected chi connectivity index (χ3v) is 7.20. The van der Waals surface area contributed by atoms with Crippen LogP contribution < -0.4 is 10.5 Å². The summed E-state index contributed by atoms with van der Waals surface area (Å²) in [5.41, 5.74) is 6.47. The molecule has 0 fully saturated rings. The molecule has 2 rings (SSSR count). The van der Waals surface area contributed by atoms with Crippen molar-refractivity contribution in [1.82, 2.24) is 0 Å². The average Bonchev–Trinajstić information content (AvgIpc) is 2.49. The minimum Gasteiger partial charge on any atom is -0.508 e. The zero-order valence-corrected chi connectivity index (χ0v) is 18.1. The van der Waals surface area contributed by atoms with Gasteiger partial charge in [0, 0.05) is 3.57 Å². The van der Waals surface area contributed by atoms with E-state index < -0.39 is 12.0 Å². The Kier molecular flexibility index (Phi) is 6.74. The quantitative estimate of drug-likeness (QED) is 0.427. The molecular formula is C15H12I3NO4. The largest absolute Gasteiger partial charge is 0.508 e. The highest BCUT2D eigenvalue weighted by atomic mass is 127. The smallest absolute Gasteiger partial charge is 0.320 e. The lowest BCUT2D eigenvalue weighted by Gasteiger charge is -2.14. The number of aromatic hydroxyl groups is 1. The normalized spacial score (nSPS) is 12.0. The van der Waals surface area contributed by atoms with Gasteiger partial charge in [-0.2, -0.15) is 0 Å². The fraction of sp³-hybridized carbons (Fsp3) is 0.133. The van der Waals surface area contributed by atoms with Gasteiger partial charge in [0.1, 0.15) is 23.3 Å². The molecule has 0 amide bonds. The van der Waals surface area contributed by atoms with Crippen molar-refractivity contribution in [3.8, 4) is 17.2 Å². The third-order valence-electron chi connectivity index (χ3n) is 3.02. The van der Waals surface area contributed by atoms with Gasteiger partial charge in [0.05, 0.1) is 7.14 Å². The first-order valence-electron chi connectivity index (χ1n) is 6.41. The van der Waals surface area contributed by atoms with Crippen molar-refractivity contribution in [3.63, 3.8) is 0 Å². The molecule has 0 saturated heterocycles. The lowest BCUT2D eigenvalue weighted by molar-refractivity contribution is -0.138. The molecule has 1 atom stereocenters. The Hall–Kier alpha value is -0.340. The molecule has 2 aromatic carbocycles. The molecule has 2 aromatic rings. The molecule has 0 aliphatic heterocycles. The molecule has 0 aliphatic rings. The summed E-state index contributed by atoms with van der Waals surface area (Å²) in [5, 5.41) is 18.4. The summed E-state index contributed by atoms with van der Waals surface area (Å²) in [5.74, 6) is 0.483. The lowest BCUT2D eigenvalue weighted by Crippen LogP contribution is -2.32. The number of hydrogen-bond donors (Lipinski definition) is 3. The summed E-state index contributed by atoms with van der Waals surface area (Å²) in [7, 11) is 0. The van der Waals surface area contributed by atoms with Crippen molar-refractivity contribution in [1.29, 1.82) is 0 Å². The molecular weight excluding hydrogens is 639 g/mol. The number of carbonyl (C=O) groups is 1. The maximum Gasteiger partial charge on any atom is 0.320 e. The number of halogens is 3. The van der Waals surface area contributed by atoms with Crippen LogP contribution in [0.25, 0.3) is 0 Å². The second-order valence-corrected chi connectivity index (χ2v) is 8.04. The topological polar surface area (TPSA) is 92.8 Å². The van der Waals surface area contributed by atoms with Gasteiger partial charge in [0.15, 0.2) is 0 Å². The zero-order valence-electron chi connectivity index (χ0n) is 11.6. The summed E-state index contributed by atoms with van der Waals surface area (Å²) in [6.45, 7) is 0. The van der Waals surface area contributed by atoms with Gasteiger partial charge in [-0.15, -0.1) is 0 Å². The van der Waals surface area contributed by atoms with E-state index in [1.807, 2.05) is 6.07 Å². The number of aliphatic carboxylic acids is 1. The van der Waals surface area contributed by atoms with E-state index in [4.69, 9.17) is 15.6 Å². The van der Waals surface area contributed by atoms with Crippen LogP contribution in [-0.2, 0) is 11.2 Å². The first-order valence-corrected chi connectivity index (χ1v) is 9.65. The van der Waals surface area contributed by atoms with Crippen molar-refractivity contribution in [2.45, 2.75) is 12.5 Å². The molecule has 5 nitrogen and oxygen atoms in total. The molecule has 0 radical (unpaired) electrons. The van der Waals surface area contributed by atoms with Crippen LogP contribution in [-0.4, -0.2) is 22.2 Å². The van der Waals surface area contributed by atoms with E-state index in [1.54, 1.807) is 24.3 Å². The maximum atomic E-state index is 10.9. The molecule has 0 heterocycles. The van der Waals surface area contributed by atoms with Crippen LogP contribution >= 0.6 is 67.8 Å². The maximum absolute atomic E-state index is 10.9. The van der Waals surface area contributed by atoms with Gasteiger partial charge >= 0.3 is 5.97 Å². The fourth-order valence-electron chi connectivity index (χ4n) is 1.82. The molecule has 0 aromatic heterocycles. The van der Waals surface area contributed by atoms with E-state index in [-0.39, 0.29) is 12.2 Å². The van der Waals surface area contributed by atoms with Crippen molar-refractivity contribution in [2.24, 2.45) is 5.73 Å². The number of phenols is 1. The standard InChI is InChI=1S/C15H12I3NO4/c16-9-6-8(20)2-4-11(9)23-12-3-1-7(13(17)14(12)18)5-10(19)15(21)22/h1-4,6,10,20H,5,19H2,(H,21,22)/t10-/m1/s1. The van der Waals surface area contributed by atoms with Crippen molar-refractivity contribution in [2.75, 3.05) is 0 Å². The zero-order chi connectivity index (χ0) is 17.1. The highest BCUT2D eigenvalue weighted by Gasteiger charge is 2.17. The van der Waals surface area contributed by atoms with E-state index in [0.29, 0.717) is 11.5 Å². The Morgan fingerprint density at radius 3 is 2.39 bits per heavy atom. The monoisotopic (exact) mass is 651 g/mol. The second-order valence-electron chi connectivity index (χ2n) is 4.72. The predicted octanol–water partition coefficient (Wildman–Crippen LogP) is 3.95. The Labute approximate surface area is 174 Å². The Balaban J connectivity index is 2.28. The fourth-order valence-corrected chi connectivity index (χ4v) is 3.73. The van der Waals surface area contributed by atoms with Gasteiger partial charge in [-0.05, 0) is 104 Å². The number of phenolic OH excluding ortho intramolecular Hbond substituents is 1. The third kappa shape index (κ3) is 4.82. The highest BCUT2D eigenvalue weighted by Crippen LogP contribution is 2.35. The molecule has 0 aliphatic carbocycles. The Morgan fingerprint density at radius 2 is 1.78 bits per heavy atom. The lowest BCUT2D eigenvalue weighted by atomic mass is 10.1. The molecule has 4 N–H and O–H groups in total.